The molecule has 1 N–H and O–H groups in total. The van der Waals surface area contributed by atoms with Crippen molar-refractivity contribution < 1.29 is 13.6 Å². The van der Waals surface area contributed by atoms with Crippen molar-refractivity contribution in [3.63, 3.8) is 0 Å². The van der Waals surface area contributed by atoms with Crippen LogP contribution in [0.1, 0.15) is 36.3 Å². The summed E-state index contributed by atoms with van der Waals surface area (Å²) in [7, 11) is -3.36. The van der Waals surface area contributed by atoms with Gasteiger partial charge in [0.2, 0.25) is 0 Å². The van der Waals surface area contributed by atoms with Crippen LogP contribution in [0.4, 0.5) is 5.69 Å². The quantitative estimate of drug-likeness (QED) is 0.624. The lowest BCUT2D eigenvalue weighted by Gasteiger charge is -2.28. The van der Waals surface area contributed by atoms with Crippen molar-refractivity contribution in [2.75, 3.05) is 18.5 Å². The fourth-order valence-corrected chi connectivity index (χ4v) is 4.45. The SMILES string of the molecule is CCOP(=O)(OCC)C(Nc1ccccc1C)c1ccc(C)cc1. The van der Waals surface area contributed by atoms with Crippen LogP contribution in [0.3, 0.4) is 0 Å². The number of rotatable bonds is 8. The summed E-state index contributed by atoms with van der Waals surface area (Å²) in [6, 6.07) is 15.9. The lowest BCUT2D eigenvalue weighted by atomic mass is 10.1. The topological polar surface area (TPSA) is 47.6 Å². The first-order chi connectivity index (χ1) is 11.5. The first-order valence-corrected chi connectivity index (χ1v) is 9.89. The predicted molar refractivity (Wildman–Crippen MR) is 99.6 cm³/mol. The Balaban J connectivity index is 2.46. The largest absolute Gasteiger partial charge is 0.368 e. The zero-order valence-electron chi connectivity index (χ0n) is 14.8. The summed E-state index contributed by atoms with van der Waals surface area (Å²) < 4.78 is 24.6. The van der Waals surface area contributed by atoms with Crippen molar-refractivity contribution in [2.45, 2.75) is 33.5 Å². The number of benzene rings is 2. The molecule has 0 aliphatic carbocycles. The smallest absolute Gasteiger partial charge is 0.357 e. The van der Waals surface area contributed by atoms with Gasteiger partial charge in [-0.2, -0.15) is 0 Å². The Hall–Kier alpha value is -1.61. The lowest BCUT2D eigenvalue weighted by molar-refractivity contribution is 0.214. The second-order valence-electron chi connectivity index (χ2n) is 5.65. The van der Waals surface area contributed by atoms with Crippen LogP contribution in [-0.4, -0.2) is 13.2 Å². The van der Waals surface area contributed by atoms with Gasteiger partial charge in [0.15, 0.2) is 5.78 Å². The minimum atomic E-state index is -3.36. The Labute approximate surface area is 144 Å². The number of para-hydroxylation sites is 1. The third kappa shape index (κ3) is 4.47. The average molecular weight is 347 g/mol. The van der Waals surface area contributed by atoms with Crippen molar-refractivity contribution in [1.29, 1.82) is 0 Å². The van der Waals surface area contributed by atoms with E-state index < -0.39 is 13.4 Å². The van der Waals surface area contributed by atoms with E-state index in [2.05, 4.69) is 5.32 Å². The molecular formula is C19H26NO3P. The highest BCUT2D eigenvalue weighted by Gasteiger charge is 2.37. The van der Waals surface area contributed by atoms with Crippen LogP contribution < -0.4 is 5.32 Å². The lowest BCUT2D eigenvalue weighted by Crippen LogP contribution is -2.16. The van der Waals surface area contributed by atoms with Crippen LogP contribution in [0.15, 0.2) is 48.5 Å². The molecule has 24 heavy (non-hydrogen) atoms. The number of nitrogens with one attached hydrogen (secondary N) is 1. The van der Waals surface area contributed by atoms with E-state index in [1.165, 1.54) is 0 Å². The molecule has 0 aliphatic rings. The third-order valence-corrected chi connectivity index (χ3v) is 6.06. The molecule has 130 valence electrons. The van der Waals surface area contributed by atoms with Crippen LogP contribution in [-0.2, 0) is 13.6 Å². The molecule has 5 heteroatoms. The first kappa shape index (κ1) is 18.7. The summed E-state index contributed by atoms with van der Waals surface area (Å²) >= 11 is 0. The maximum Gasteiger partial charge on any atom is 0.357 e. The van der Waals surface area contributed by atoms with Crippen molar-refractivity contribution in [1.82, 2.24) is 0 Å². The van der Waals surface area contributed by atoms with Crippen molar-refractivity contribution in [3.05, 3.63) is 65.2 Å². The Bertz CT molecular complexity index is 690. The van der Waals surface area contributed by atoms with Crippen molar-refractivity contribution in [3.8, 4) is 0 Å². The van der Waals surface area contributed by atoms with E-state index in [0.717, 1.165) is 22.4 Å². The van der Waals surface area contributed by atoms with E-state index in [0.29, 0.717) is 13.2 Å². The zero-order chi connectivity index (χ0) is 17.6. The van der Waals surface area contributed by atoms with Gasteiger partial charge in [-0.1, -0.05) is 48.0 Å². The fourth-order valence-electron chi connectivity index (χ4n) is 2.52. The van der Waals surface area contributed by atoms with Crippen molar-refractivity contribution in [2.24, 2.45) is 0 Å². The molecule has 0 aromatic heterocycles. The molecule has 4 nitrogen and oxygen atoms in total. The van der Waals surface area contributed by atoms with E-state index in [-0.39, 0.29) is 0 Å². The molecule has 0 bridgehead atoms. The fraction of sp³-hybridized carbons (Fsp3) is 0.368. The molecule has 0 aliphatic heterocycles. The van der Waals surface area contributed by atoms with Gasteiger partial charge < -0.3 is 14.4 Å². The molecular weight excluding hydrogens is 321 g/mol. The number of anilines is 1. The molecule has 2 aromatic rings. The predicted octanol–water partition coefficient (Wildman–Crippen LogP) is 5.68. The van der Waals surface area contributed by atoms with Gasteiger partial charge in [0.05, 0.1) is 13.2 Å². The summed E-state index contributed by atoms with van der Waals surface area (Å²) in [4.78, 5) is 0. The summed E-state index contributed by atoms with van der Waals surface area (Å²) in [6.45, 7) is 8.35. The number of aryl methyl sites for hydroxylation is 2. The first-order valence-electron chi connectivity index (χ1n) is 8.27. The maximum atomic E-state index is 13.4. The minimum Gasteiger partial charge on any atom is -0.368 e. The van der Waals surface area contributed by atoms with Crippen LogP contribution in [0.25, 0.3) is 0 Å². The highest BCUT2D eigenvalue weighted by Crippen LogP contribution is 2.60. The standard InChI is InChI=1S/C19H26NO3P/c1-5-22-24(21,23-6-2)19(17-13-11-15(3)12-14-17)20-18-10-8-7-9-16(18)4/h7-14,19-20H,5-6H2,1-4H3. The summed E-state index contributed by atoms with van der Waals surface area (Å²) in [5.74, 6) is -0.556. The van der Waals surface area contributed by atoms with E-state index in [1.807, 2.05) is 76.2 Å². The highest BCUT2D eigenvalue weighted by atomic mass is 31.2. The average Bonchev–Trinajstić information content (AvgIpc) is 2.55. The Morgan fingerprint density at radius 1 is 0.958 bits per heavy atom. The van der Waals surface area contributed by atoms with Gasteiger partial charge in [-0.15, -0.1) is 0 Å². The molecule has 2 rings (SSSR count). The number of hydrogen-bond acceptors (Lipinski definition) is 4. The third-order valence-electron chi connectivity index (χ3n) is 3.76. The molecule has 0 saturated carbocycles. The van der Waals surface area contributed by atoms with Crippen LogP contribution >= 0.6 is 7.60 Å². The van der Waals surface area contributed by atoms with Gasteiger partial charge in [-0.05, 0) is 44.9 Å². The minimum absolute atomic E-state index is 0.328. The van der Waals surface area contributed by atoms with Crippen LogP contribution in [0.5, 0.6) is 0 Å². The van der Waals surface area contributed by atoms with Gasteiger partial charge in [-0.25, -0.2) is 0 Å². The van der Waals surface area contributed by atoms with Gasteiger partial charge in [0.25, 0.3) is 0 Å². The van der Waals surface area contributed by atoms with Gasteiger partial charge in [0, 0.05) is 5.69 Å². The molecule has 0 radical (unpaired) electrons. The van der Waals surface area contributed by atoms with Gasteiger partial charge >= 0.3 is 7.60 Å². The van der Waals surface area contributed by atoms with Gasteiger partial charge in [-0.3, -0.25) is 4.57 Å². The number of hydrogen-bond donors (Lipinski definition) is 1. The van der Waals surface area contributed by atoms with Crippen molar-refractivity contribution >= 4 is 13.3 Å². The molecule has 0 saturated heterocycles. The molecule has 1 unspecified atom stereocenters. The Kier molecular flexibility index (Phi) is 6.61. The van der Waals surface area contributed by atoms with Crippen LogP contribution in [0, 0.1) is 13.8 Å². The van der Waals surface area contributed by atoms with E-state index in [9.17, 15) is 4.57 Å². The second-order valence-corrected chi connectivity index (χ2v) is 7.76. The Morgan fingerprint density at radius 3 is 2.08 bits per heavy atom. The molecule has 0 heterocycles. The monoisotopic (exact) mass is 347 g/mol. The molecule has 0 amide bonds. The zero-order valence-corrected chi connectivity index (χ0v) is 15.7. The highest BCUT2D eigenvalue weighted by molar-refractivity contribution is 7.54. The Morgan fingerprint density at radius 2 is 1.54 bits per heavy atom. The van der Waals surface area contributed by atoms with E-state index >= 15 is 0 Å². The molecule has 1 atom stereocenters. The summed E-state index contributed by atoms with van der Waals surface area (Å²) in [6.07, 6.45) is 0. The molecule has 0 fully saturated rings. The second kappa shape index (κ2) is 8.48. The van der Waals surface area contributed by atoms with E-state index in [1.54, 1.807) is 0 Å². The molecule has 0 spiro atoms. The van der Waals surface area contributed by atoms with E-state index in [4.69, 9.17) is 9.05 Å². The molecule has 2 aromatic carbocycles. The van der Waals surface area contributed by atoms with Crippen LogP contribution in [0.2, 0.25) is 0 Å². The summed E-state index contributed by atoms with van der Waals surface area (Å²) in [5.41, 5.74) is 4.03. The maximum absolute atomic E-state index is 13.4. The van der Waals surface area contributed by atoms with Gasteiger partial charge in [0.1, 0.15) is 0 Å². The normalized spacial score (nSPS) is 12.8. The summed E-state index contributed by atoms with van der Waals surface area (Å²) in [5, 5.41) is 3.38.